The number of nitro groups is 1. The summed E-state index contributed by atoms with van der Waals surface area (Å²) >= 11 is 1.23. The molecule has 0 spiro atoms. The molecule has 0 saturated carbocycles. The highest BCUT2D eigenvalue weighted by Crippen LogP contribution is 2.39. The van der Waals surface area contributed by atoms with Crippen molar-refractivity contribution < 1.29 is 19.2 Å². The first-order valence-electron chi connectivity index (χ1n) is 10.6. The molecule has 0 atom stereocenters. The molecule has 9 nitrogen and oxygen atoms in total. The average molecular weight is 457 g/mol. The summed E-state index contributed by atoms with van der Waals surface area (Å²) in [6.45, 7) is 6.29. The van der Waals surface area contributed by atoms with Crippen molar-refractivity contribution in [1.82, 2.24) is 14.9 Å². The molecule has 1 aliphatic heterocycles. The van der Waals surface area contributed by atoms with Crippen molar-refractivity contribution in [1.29, 1.82) is 0 Å². The lowest BCUT2D eigenvalue weighted by molar-refractivity contribution is -0.385. The maximum Gasteiger partial charge on any atom is 0.348 e. The van der Waals surface area contributed by atoms with Gasteiger partial charge in [0.05, 0.1) is 23.5 Å². The molecule has 168 valence electrons. The van der Waals surface area contributed by atoms with Crippen molar-refractivity contribution in [2.45, 2.75) is 39.7 Å². The van der Waals surface area contributed by atoms with Gasteiger partial charge in [0.1, 0.15) is 15.5 Å². The summed E-state index contributed by atoms with van der Waals surface area (Å²) < 4.78 is 11.2. The van der Waals surface area contributed by atoms with Crippen LogP contribution in [0.25, 0.3) is 10.2 Å². The molecule has 3 heterocycles. The zero-order valence-electron chi connectivity index (χ0n) is 18.0. The van der Waals surface area contributed by atoms with E-state index in [1.165, 1.54) is 29.9 Å². The van der Waals surface area contributed by atoms with Crippen molar-refractivity contribution in [3.8, 4) is 11.6 Å². The lowest BCUT2D eigenvalue weighted by Gasteiger charge is -2.25. The van der Waals surface area contributed by atoms with Crippen LogP contribution in [0.15, 0.2) is 24.3 Å². The number of para-hydroxylation sites is 2. The number of esters is 1. The van der Waals surface area contributed by atoms with Crippen LogP contribution in [0.1, 0.15) is 47.2 Å². The molecule has 32 heavy (non-hydrogen) atoms. The number of piperidine rings is 1. The number of thiophene rings is 1. The summed E-state index contributed by atoms with van der Waals surface area (Å²) in [5, 5.41) is 12.0. The van der Waals surface area contributed by atoms with Crippen LogP contribution in [-0.2, 0) is 11.3 Å². The quantitative estimate of drug-likeness (QED) is 0.282. The standard InChI is InChI=1S/C22H24N4O5S/c1-3-30-22(27)19-14(2)18-20(31-16-10-6-5-9-15(16)26(28)29)23-17(24-21(18)32-19)13-25-11-7-4-8-12-25/h5-6,9-10H,3-4,7-8,11-13H2,1-2H3. The molecule has 1 aromatic carbocycles. The van der Waals surface area contributed by atoms with Gasteiger partial charge in [-0.25, -0.2) is 9.78 Å². The zero-order chi connectivity index (χ0) is 22.7. The number of carbonyl (C=O) groups excluding carboxylic acids is 1. The molecule has 0 aliphatic carbocycles. The Balaban J connectivity index is 1.80. The van der Waals surface area contributed by atoms with Gasteiger partial charge in [0.2, 0.25) is 11.6 Å². The average Bonchev–Trinajstić information content (AvgIpc) is 3.11. The number of carbonyl (C=O) groups is 1. The van der Waals surface area contributed by atoms with E-state index in [0.29, 0.717) is 33.0 Å². The molecular formula is C22H24N4O5S. The monoisotopic (exact) mass is 456 g/mol. The fourth-order valence-electron chi connectivity index (χ4n) is 3.80. The Hall–Kier alpha value is -3.11. The third-order valence-corrected chi connectivity index (χ3v) is 6.51. The summed E-state index contributed by atoms with van der Waals surface area (Å²) in [6, 6.07) is 6.16. The van der Waals surface area contributed by atoms with Gasteiger partial charge in [-0.2, -0.15) is 4.98 Å². The zero-order valence-corrected chi connectivity index (χ0v) is 18.8. The van der Waals surface area contributed by atoms with E-state index in [4.69, 9.17) is 14.5 Å². The van der Waals surface area contributed by atoms with Crippen LogP contribution < -0.4 is 4.74 Å². The van der Waals surface area contributed by atoms with Crippen LogP contribution in [0, 0.1) is 17.0 Å². The Morgan fingerprint density at radius 2 is 1.97 bits per heavy atom. The molecule has 1 aliphatic rings. The number of hydrogen-bond donors (Lipinski definition) is 0. The Morgan fingerprint density at radius 1 is 1.22 bits per heavy atom. The second-order valence-electron chi connectivity index (χ2n) is 7.57. The Bertz CT molecular complexity index is 1160. The third-order valence-electron chi connectivity index (χ3n) is 5.35. The highest BCUT2D eigenvalue weighted by Gasteiger charge is 2.25. The van der Waals surface area contributed by atoms with Crippen LogP contribution in [0.2, 0.25) is 0 Å². The number of benzene rings is 1. The number of likely N-dealkylation sites (tertiary alicyclic amines) is 1. The topological polar surface area (TPSA) is 108 Å². The first-order valence-corrected chi connectivity index (χ1v) is 11.4. The van der Waals surface area contributed by atoms with Gasteiger partial charge in [0.15, 0.2) is 0 Å². The molecule has 1 saturated heterocycles. The molecule has 0 amide bonds. The molecule has 0 radical (unpaired) electrons. The number of aryl methyl sites for hydroxylation is 1. The summed E-state index contributed by atoms with van der Waals surface area (Å²) in [5.41, 5.74) is 0.483. The van der Waals surface area contributed by atoms with Crippen molar-refractivity contribution >= 4 is 33.2 Å². The van der Waals surface area contributed by atoms with Crippen LogP contribution in [0.5, 0.6) is 11.6 Å². The smallest absolute Gasteiger partial charge is 0.348 e. The fraction of sp³-hybridized carbons (Fsp3) is 0.409. The van der Waals surface area contributed by atoms with Crippen molar-refractivity contribution in [3.05, 3.63) is 50.6 Å². The third kappa shape index (κ3) is 4.56. The molecule has 4 rings (SSSR count). The van der Waals surface area contributed by atoms with Crippen LogP contribution >= 0.6 is 11.3 Å². The molecular weight excluding hydrogens is 432 g/mol. The van der Waals surface area contributed by atoms with E-state index in [2.05, 4.69) is 9.88 Å². The van der Waals surface area contributed by atoms with Gasteiger partial charge in [-0.15, -0.1) is 11.3 Å². The van der Waals surface area contributed by atoms with Gasteiger partial charge in [-0.3, -0.25) is 15.0 Å². The predicted molar refractivity (Wildman–Crippen MR) is 120 cm³/mol. The van der Waals surface area contributed by atoms with Crippen LogP contribution in [0.4, 0.5) is 5.69 Å². The highest BCUT2D eigenvalue weighted by atomic mass is 32.1. The number of nitro benzene ring substituents is 1. The minimum Gasteiger partial charge on any atom is -0.462 e. The number of nitrogens with zero attached hydrogens (tertiary/aromatic N) is 4. The van der Waals surface area contributed by atoms with E-state index in [9.17, 15) is 14.9 Å². The SMILES string of the molecule is CCOC(=O)c1sc2nc(CN3CCCCC3)nc(Oc3ccccc3[N+](=O)[O-])c2c1C. The second-order valence-corrected chi connectivity index (χ2v) is 8.56. The minimum atomic E-state index is -0.493. The van der Waals surface area contributed by atoms with E-state index in [1.54, 1.807) is 26.0 Å². The Kier molecular flexibility index (Phi) is 6.61. The van der Waals surface area contributed by atoms with Crippen LogP contribution in [0.3, 0.4) is 0 Å². The maximum atomic E-state index is 12.5. The number of aromatic nitrogens is 2. The fourth-order valence-corrected chi connectivity index (χ4v) is 4.88. The van der Waals surface area contributed by atoms with Gasteiger partial charge in [0.25, 0.3) is 0 Å². The maximum absolute atomic E-state index is 12.5. The van der Waals surface area contributed by atoms with Gasteiger partial charge in [0, 0.05) is 6.07 Å². The van der Waals surface area contributed by atoms with E-state index in [0.717, 1.165) is 25.9 Å². The second kappa shape index (κ2) is 9.58. The van der Waals surface area contributed by atoms with E-state index >= 15 is 0 Å². The number of hydrogen-bond acceptors (Lipinski definition) is 9. The van der Waals surface area contributed by atoms with Gasteiger partial charge in [-0.05, 0) is 51.4 Å². The van der Waals surface area contributed by atoms with Crippen molar-refractivity contribution in [2.24, 2.45) is 0 Å². The molecule has 2 aromatic heterocycles. The Morgan fingerprint density at radius 3 is 2.69 bits per heavy atom. The number of ether oxygens (including phenoxy) is 2. The van der Waals surface area contributed by atoms with Crippen molar-refractivity contribution in [3.63, 3.8) is 0 Å². The van der Waals surface area contributed by atoms with Gasteiger partial charge in [-0.1, -0.05) is 18.6 Å². The summed E-state index contributed by atoms with van der Waals surface area (Å²) in [4.78, 5) is 36.1. The van der Waals surface area contributed by atoms with Gasteiger partial charge >= 0.3 is 11.7 Å². The van der Waals surface area contributed by atoms with Crippen molar-refractivity contribution in [2.75, 3.05) is 19.7 Å². The largest absolute Gasteiger partial charge is 0.462 e. The molecule has 0 unspecified atom stereocenters. The van der Waals surface area contributed by atoms with Crippen LogP contribution in [-0.4, -0.2) is 45.5 Å². The molecule has 0 N–H and O–H groups in total. The van der Waals surface area contributed by atoms with E-state index in [-0.39, 0.29) is 23.9 Å². The Labute approximate surface area is 189 Å². The lowest BCUT2D eigenvalue weighted by atomic mass is 10.1. The summed E-state index contributed by atoms with van der Waals surface area (Å²) in [6.07, 6.45) is 3.48. The molecule has 10 heteroatoms. The summed E-state index contributed by atoms with van der Waals surface area (Å²) in [7, 11) is 0. The molecule has 1 fully saturated rings. The predicted octanol–water partition coefficient (Wildman–Crippen LogP) is 4.86. The van der Waals surface area contributed by atoms with E-state index in [1.807, 2.05) is 0 Å². The minimum absolute atomic E-state index is 0.0877. The first-order chi connectivity index (χ1) is 15.5. The normalized spacial score (nSPS) is 14.4. The number of rotatable bonds is 7. The molecule has 0 bridgehead atoms. The molecule has 3 aromatic rings. The first kappa shape index (κ1) is 22.1. The summed E-state index contributed by atoms with van der Waals surface area (Å²) in [5.74, 6) is 0.428. The highest BCUT2D eigenvalue weighted by molar-refractivity contribution is 7.20. The van der Waals surface area contributed by atoms with Gasteiger partial charge < -0.3 is 9.47 Å². The van der Waals surface area contributed by atoms with E-state index < -0.39 is 10.9 Å². The lowest BCUT2D eigenvalue weighted by Crippen LogP contribution is -2.29. The number of fused-ring (bicyclic) bond motifs is 1.